The first kappa shape index (κ1) is 25.7. The summed E-state index contributed by atoms with van der Waals surface area (Å²) in [6.07, 6.45) is 2.69. The zero-order chi connectivity index (χ0) is 26.2. The molecule has 1 saturated carbocycles. The minimum absolute atomic E-state index is 0.276. The molecule has 36 heavy (non-hydrogen) atoms. The van der Waals surface area contributed by atoms with Crippen LogP contribution >= 0.6 is 0 Å². The highest BCUT2D eigenvalue weighted by Crippen LogP contribution is 2.35. The van der Waals surface area contributed by atoms with Crippen molar-refractivity contribution in [2.75, 3.05) is 0 Å². The van der Waals surface area contributed by atoms with Crippen LogP contribution in [0.15, 0.2) is 36.4 Å². The third-order valence-corrected chi connectivity index (χ3v) is 6.38. The van der Waals surface area contributed by atoms with E-state index in [-0.39, 0.29) is 11.1 Å². The second-order valence-electron chi connectivity index (χ2n) is 9.09. The van der Waals surface area contributed by atoms with Gasteiger partial charge in [-0.05, 0) is 71.5 Å². The Morgan fingerprint density at radius 1 is 0.806 bits per heavy atom. The van der Waals surface area contributed by atoms with Gasteiger partial charge in [0.1, 0.15) is 23.3 Å². The number of alkyl halides is 3. The molecule has 8 heteroatoms. The average Bonchev–Trinajstić information content (AvgIpc) is 2.77. The Balaban J connectivity index is 1.71. The molecule has 0 N–H and O–H groups in total. The topological polar surface area (TPSA) is 0 Å². The zero-order valence-electron chi connectivity index (χ0n) is 19.0. The van der Waals surface area contributed by atoms with Crippen LogP contribution < -0.4 is 0 Å². The molecule has 0 aliphatic heterocycles. The van der Waals surface area contributed by atoms with Gasteiger partial charge in [0.05, 0.1) is 16.5 Å². The Morgan fingerprint density at radius 2 is 1.44 bits per heavy atom. The highest BCUT2D eigenvalue weighted by atomic mass is 19.4. The summed E-state index contributed by atoms with van der Waals surface area (Å²) in [4.78, 5) is 0. The third kappa shape index (κ3) is 5.56. The normalized spacial score (nSPS) is 18.5. The Labute approximate surface area is 202 Å². The van der Waals surface area contributed by atoms with Crippen LogP contribution in [-0.4, -0.2) is 6.18 Å². The fourth-order valence-corrected chi connectivity index (χ4v) is 4.49. The summed E-state index contributed by atoms with van der Waals surface area (Å²) in [5, 5.41) is -1.26. The third-order valence-electron chi connectivity index (χ3n) is 6.38. The second kappa shape index (κ2) is 9.96. The van der Waals surface area contributed by atoms with Crippen molar-refractivity contribution in [3.8, 4) is 23.0 Å². The van der Waals surface area contributed by atoms with Crippen molar-refractivity contribution < 1.29 is 35.1 Å². The maximum absolute atomic E-state index is 14.9. The van der Waals surface area contributed by atoms with Crippen LogP contribution in [0.2, 0.25) is 0 Å². The van der Waals surface area contributed by atoms with Gasteiger partial charge in [0.15, 0.2) is 5.82 Å². The van der Waals surface area contributed by atoms with Crippen LogP contribution in [0.3, 0.4) is 0 Å². The first-order valence-electron chi connectivity index (χ1n) is 11.3. The monoisotopic (exact) mass is 508 g/mol. The number of halogens is 8. The van der Waals surface area contributed by atoms with Gasteiger partial charge in [0, 0.05) is 5.92 Å². The van der Waals surface area contributed by atoms with E-state index in [0.29, 0.717) is 24.0 Å². The Bertz CT molecular complexity index is 1370. The number of fused-ring (bicyclic) bond motifs is 1. The van der Waals surface area contributed by atoms with E-state index in [0.717, 1.165) is 49.8 Å². The Hall–Kier alpha value is -3.34. The van der Waals surface area contributed by atoms with Crippen LogP contribution in [-0.2, 0) is 0 Å². The van der Waals surface area contributed by atoms with Crippen molar-refractivity contribution in [3.63, 3.8) is 0 Å². The summed E-state index contributed by atoms with van der Waals surface area (Å²) < 4.78 is 111. The number of benzene rings is 3. The lowest BCUT2D eigenvalue weighted by Crippen LogP contribution is -2.09. The smallest absolute Gasteiger partial charge is 0.206 e. The molecule has 3 aromatic carbocycles. The summed E-state index contributed by atoms with van der Waals surface area (Å²) in [6, 6.07) is 4.35. The van der Waals surface area contributed by atoms with Crippen LogP contribution in [0.25, 0.3) is 28.0 Å². The zero-order valence-corrected chi connectivity index (χ0v) is 19.0. The van der Waals surface area contributed by atoms with Crippen LogP contribution in [0.4, 0.5) is 35.1 Å². The first-order chi connectivity index (χ1) is 16.9. The van der Waals surface area contributed by atoms with Crippen molar-refractivity contribution in [2.24, 2.45) is 11.8 Å². The van der Waals surface area contributed by atoms with Crippen molar-refractivity contribution in [1.29, 1.82) is 0 Å². The van der Waals surface area contributed by atoms with E-state index in [2.05, 4.69) is 6.92 Å². The minimum Gasteiger partial charge on any atom is -0.206 e. The minimum atomic E-state index is -5.01. The van der Waals surface area contributed by atoms with E-state index in [1.165, 1.54) is 5.92 Å². The van der Waals surface area contributed by atoms with Gasteiger partial charge >= 0.3 is 6.18 Å². The lowest BCUT2D eigenvalue weighted by molar-refractivity contribution is -0.0696. The van der Waals surface area contributed by atoms with E-state index < -0.39 is 57.2 Å². The Morgan fingerprint density at radius 3 is 2.06 bits per heavy atom. The first-order valence-corrected chi connectivity index (χ1v) is 11.3. The molecule has 1 aliphatic carbocycles. The number of allylic oxidation sites excluding steroid dienone is 1. The molecule has 0 unspecified atom stereocenters. The predicted octanol–water partition coefficient (Wildman–Crippen LogP) is 8.96. The summed E-state index contributed by atoms with van der Waals surface area (Å²) in [6.45, 7) is 2.18. The number of hydrogen-bond donors (Lipinski definition) is 0. The van der Waals surface area contributed by atoms with Crippen LogP contribution in [0.5, 0.6) is 0 Å². The fourth-order valence-electron chi connectivity index (χ4n) is 4.49. The van der Waals surface area contributed by atoms with Gasteiger partial charge in [-0.1, -0.05) is 37.8 Å². The van der Waals surface area contributed by atoms with E-state index in [9.17, 15) is 35.1 Å². The molecule has 0 amide bonds. The standard InChI is InChI=1S/C28H20F8/c1-15-2-4-16(5-3-15)6-7-17-10-22(30)25(23(31)11-17)18-12-19-13-21(29)20(8-9-28(34,35)36)27(33)26(19)24(32)14-18/h6-7,10-16H,2-5H2,1H3/b7-6+. The second-order valence-corrected chi connectivity index (χ2v) is 9.09. The van der Waals surface area contributed by atoms with Gasteiger partial charge in [0.2, 0.25) is 0 Å². The largest absolute Gasteiger partial charge is 0.458 e. The molecule has 3 aromatic rings. The van der Waals surface area contributed by atoms with E-state index >= 15 is 0 Å². The van der Waals surface area contributed by atoms with Gasteiger partial charge < -0.3 is 0 Å². The molecule has 1 aliphatic rings. The summed E-state index contributed by atoms with van der Waals surface area (Å²) >= 11 is 0. The molecule has 0 radical (unpaired) electrons. The molecule has 0 spiro atoms. The maximum Gasteiger partial charge on any atom is 0.458 e. The maximum atomic E-state index is 14.9. The molecule has 1 fully saturated rings. The highest BCUT2D eigenvalue weighted by molar-refractivity contribution is 5.90. The van der Waals surface area contributed by atoms with E-state index in [4.69, 9.17) is 0 Å². The highest BCUT2D eigenvalue weighted by Gasteiger charge is 2.25. The SMILES string of the molecule is CC1CCC(/C=C/c2cc(F)c(-c3cc(F)c4c(F)c(C#CC(F)(F)F)c(F)cc4c3)c(F)c2)CC1. The van der Waals surface area contributed by atoms with Crippen molar-refractivity contribution in [2.45, 2.75) is 38.8 Å². The lowest BCUT2D eigenvalue weighted by Gasteiger charge is -2.23. The van der Waals surface area contributed by atoms with Gasteiger partial charge in [-0.3, -0.25) is 0 Å². The van der Waals surface area contributed by atoms with Gasteiger partial charge in [-0.2, -0.15) is 13.2 Å². The molecule has 0 heterocycles. The van der Waals surface area contributed by atoms with Crippen molar-refractivity contribution in [3.05, 3.63) is 76.6 Å². The molecule has 0 atom stereocenters. The summed E-state index contributed by atoms with van der Waals surface area (Å²) in [7, 11) is 0. The molecule has 0 bridgehead atoms. The molecular formula is C28H20F8. The Kier molecular flexibility index (Phi) is 7.12. The molecule has 4 rings (SSSR count). The number of rotatable bonds is 3. The van der Waals surface area contributed by atoms with Crippen molar-refractivity contribution in [1.82, 2.24) is 0 Å². The quantitative estimate of drug-likeness (QED) is 0.245. The van der Waals surface area contributed by atoms with E-state index in [1.807, 2.05) is 6.08 Å². The predicted molar refractivity (Wildman–Crippen MR) is 122 cm³/mol. The van der Waals surface area contributed by atoms with Gasteiger partial charge in [0.25, 0.3) is 0 Å². The fraction of sp³-hybridized carbons (Fsp3) is 0.286. The summed E-state index contributed by atoms with van der Waals surface area (Å²) in [5.41, 5.74) is -1.90. The lowest BCUT2D eigenvalue weighted by atomic mass is 9.83. The number of hydrogen-bond acceptors (Lipinski definition) is 0. The van der Waals surface area contributed by atoms with Crippen LogP contribution in [0.1, 0.15) is 43.7 Å². The molecule has 188 valence electrons. The van der Waals surface area contributed by atoms with Crippen molar-refractivity contribution >= 4 is 16.8 Å². The molecule has 0 saturated heterocycles. The molecule has 0 aromatic heterocycles. The van der Waals surface area contributed by atoms with E-state index in [1.54, 1.807) is 6.08 Å². The molecular weight excluding hydrogens is 488 g/mol. The van der Waals surface area contributed by atoms with Gasteiger partial charge in [-0.15, -0.1) is 0 Å². The average molecular weight is 508 g/mol. The summed E-state index contributed by atoms with van der Waals surface area (Å²) in [5.74, 6) is -3.39. The van der Waals surface area contributed by atoms with Gasteiger partial charge in [-0.25, -0.2) is 22.0 Å². The van der Waals surface area contributed by atoms with Crippen LogP contribution in [0, 0.1) is 52.8 Å². The molecule has 0 nitrogen and oxygen atoms in total.